The topological polar surface area (TPSA) is 269 Å². The maximum Gasteiger partial charge on any atom is 0.416 e. The van der Waals surface area contributed by atoms with Gasteiger partial charge in [-0.25, -0.2) is 4.98 Å². The number of aromatic amines is 1. The first-order valence-electron chi connectivity index (χ1n) is 30.7. The van der Waals surface area contributed by atoms with Crippen LogP contribution >= 0.6 is 11.3 Å². The first-order chi connectivity index (χ1) is 43.4. The molecule has 3 atom stereocenters. The van der Waals surface area contributed by atoms with Gasteiger partial charge in [0.25, 0.3) is 5.91 Å². The van der Waals surface area contributed by atoms with Crippen molar-refractivity contribution in [3.8, 4) is 21.6 Å². The third-order valence-corrected chi connectivity index (χ3v) is 17.4. The summed E-state index contributed by atoms with van der Waals surface area (Å²) < 4.78 is 41.5. The van der Waals surface area contributed by atoms with Gasteiger partial charge in [-0.15, -0.1) is 11.3 Å². The molecule has 25 heteroatoms. The van der Waals surface area contributed by atoms with E-state index >= 15 is 0 Å². The second kappa shape index (κ2) is 29.9. The highest BCUT2D eigenvalue weighted by Crippen LogP contribution is 2.34. The minimum atomic E-state index is -4.55. The van der Waals surface area contributed by atoms with Crippen LogP contribution in [0.25, 0.3) is 32.5 Å². The van der Waals surface area contributed by atoms with Crippen LogP contribution in [-0.4, -0.2) is 144 Å². The summed E-state index contributed by atoms with van der Waals surface area (Å²) in [7, 11) is 0. The third-order valence-electron chi connectivity index (χ3n) is 16.4. The van der Waals surface area contributed by atoms with Gasteiger partial charge in [0, 0.05) is 99.0 Å². The maximum atomic E-state index is 14.1. The average Bonchev–Trinajstić information content (AvgIpc) is 1.83. The number of carbonyl (C=O) groups is 7. The van der Waals surface area contributed by atoms with E-state index in [4.69, 9.17) is 0 Å². The number of aliphatic hydroxyl groups is 1. The molecule has 2 aliphatic rings. The predicted octanol–water partition coefficient (Wildman–Crippen LogP) is 9.48. The van der Waals surface area contributed by atoms with Crippen molar-refractivity contribution in [1.29, 1.82) is 0 Å². The van der Waals surface area contributed by atoms with Crippen LogP contribution in [0.4, 0.5) is 30.4 Å². The molecule has 482 valence electrons. The van der Waals surface area contributed by atoms with Crippen LogP contribution < -0.4 is 26.6 Å². The maximum absolute atomic E-state index is 14.1. The molecule has 0 saturated carbocycles. The van der Waals surface area contributed by atoms with Gasteiger partial charge in [-0.05, 0) is 122 Å². The summed E-state index contributed by atoms with van der Waals surface area (Å²) in [6.07, 6.45) is 3.16. The van der Waals surface area contributed by atoms with Gasteiger partial charge in [-0.3, -0.25) is 48.2 Å². The van der Waals surface area contributed by atoms with Crippen molar-refractivity contribution in [1.82, 2.24) is 50.3 Å². The number of rotatable bonds is 25. The number of amides is 7. The van der Waals surface area contributed by atoms with Gasteiger partial charge >= 0.3 is 6.18 Å². The van der Waals surface area contributed by atoms with E-state index in [0.29, 0.717) is 72.3 Å². The van der Waals surface area contributed by atoms with Crippen molar-refractivity contribution in [2.24, 2.45) is 5.41 Å². The molecule has 0 unspecified atom stereocenters. The lowest BCUT2D eigenvalue weighted by molar-refractivity contribution is -0.144. The highest BCUT2D eigenvalue weighted by Gasteiger charge is 2.44. The third kappa shape index (κ3) is 18.0. The summed E-state index contributed by atoms with van der Waals surface area (Å²) in [5.74, 6) is -1.80. The van der Waals surface area contributed by atoms with Gasteiger partial charge in [0.1, 0.15) is 18.6 Å². The van der Waals surface area contributed by atoms with Gasteiger partial charge in [-0.1, -0.05) is 70.0 Å². The number of unbranched alkanes of at least 4 members (excludes halogenated alkanes) is 4. The van der Waals surface area contributed by atoms with Crippen LogP contribution in [0, 0.1) is 19.3 Å². The van der Waals surface area contributed by atoms with Crippen molar-refractivity contribution in [2.75, 3.05) is 55.2 Å². The molecule has 0 aliphatic carbocycles. The number of carbonyl (C=O) groups excluding carboxylic acids is 7. The first-order valence-corrected chi connectivity index (χ1v) is 31.6. The number of likely N-dealkylation sites (tertiary alicyclic amines) is 1. The molecule has 0 bridgehead atoms. The number of thiazole rings is 1. The zero-order valence-corrected chi connectivity index (χ0v) is 52.6. The van der Waals surface area contributed by atoms with Crippen LogP contribution in [-0.2, 0) is 48.0 Å². The molecule has 21 nitrogen and oxygen atoms in total. The minimum Gasteiger partial charge on any atom is -0.391 e. The largest absolute Gasteiger partial charge is 0.416 e. The standard InChI is InChI=1S/C66H78F3N13O8S/c1-41-15-23-49(33-52(41)66(67,68)69)74-57(86)39-81-37-47(36-72-81)46-22-26-51-53(32-46)77-78-61(51)76-62(88)45-20-24-48(25-21-45)73-55(84)13-9-10-14-58(87)80-30-28-79(29-31-80)27-11-7-6-8-12-56(85)75-60(65(3,4)5)64(90)82-38-50(83)34-54(82)63(89)70-35-43-16-18-44(19-17-43)59-42(2)71-40-91-59/h15-26,32-33,36-37,40,50,54,60,83H,6-14,27-31,34-35,38-39H2,1-5H3,(H,70,89)(H,73,84)(H,74,86)(H,75,85)(H2,76,77,78,88)/t50-,54+,60-/m1/s1. The Kier molecular flexibility index (Phi) is 21.9. The van der Waals surface area contributed by atoms with Crippen LogP contribution in [0.5, 0.6) is 0 Å². The smallest absolute Gasteiger partial charge is 0.391 e. The number of H-pyrrole nitrogens is 1. The lowest BCUT2D eigenvalue weighted by atomic mass is 9.85. The Morgan fingerprint density at radius 2 is 1.43 bits per heavy atom. The zero-order chi connectivity index (χ0) is 65.0. The van der Waals surface area contributed by atoms with Gasteiger partial charge in [0.2, 0.25) is 35.4 Å². The second-order valence-electron chi connectivity index (χ2n) is 24.5. The van der Waals surface area contributed by atoms with E-state index in [0.717, 1.165) is 72.2 Å². The molecule has 91 heavy (non-hydrogen) atoms. The number of anilines is 3. The fourth-order valence-corrected chi connectivity index (χ4v) is 12.1. The van der Waals surface area contributed by atoms with E-state index in [1.165, 1.54) is 28.6 Å². The van der Waals surface area contributed by atoms with E-state index in [9.17, 15) is 51.8 Å². The van der Waals surface area contributed by atoms with Crippen LogP contribution in [0.1, 0.15) is 118 Å². The number of β-amino-alcohol motifs (C(OH)–C–C–N with tert-alkyl or cyclic N) is 1. The molecule has 4 aromatic carbocycles. The molecule has 7 N–H and O–H groups in total. The molecule has 7 aromatic rings. The van der Waals surface area contributed by atoms with E-state index < -0.39 is 53.1 Å². The molecular formula is C66H78F3N13O8S. The lowest BCUT2D eigenvalue weighted by Gasteiger charge is -2.35. The fraction of sp³-hybridized carbons (Fsp3) is 0.424. The molecule has 7 amide bonds. The number of fused-ring (bicyclic) bond motifs is 1. The molecule has 0 spiro atoms. The summed E-state index contributed by atoms with van der Waals surface area (Å²) >= 11 is 1.57. The van der Waals surface area contributed by atoms with E-state index in [1.54, 1.807) is 66.2 Å². The van der Waals surface area contributed by atoms with Crippen molar-refractivity contribution >= 4 is 80.8 Å². The Hall–Kier alpha value is -8.81. The van der Waals surface area contributed by atoms with Crippen molar-refractivity contribution in [3.63, 3.8) is 0 Å². The van der Waals surface area contributed by atoms with Crippen LogP contribution in [0.3, 0.4) is 0 Å². The molecule has 3 aromatic heterocycles. The normalized spacial score (nSPS) is 15.7. The summed E-state index contributed by atoms with van der Waals surface area (Å²) in [6.45, 7) is 12.6. The highest BCUT2D eigenvalue weighted by atomic mass is 32.1. The Labute approximate surface area is 529 Å². The van der Waals surface area contributed by atoms with Crippen molar-refractivity contribution < 1.29 is 51.8 Å². The first kappa shape index (κ1) is 66.6. The van der Waals surface area contributed by atoms with Gasteiger partial charge in [-0.2, -0.15) is 23.4 Å². The zero-order valence-electron chi connectivity index (χ0n) is 51.8. The fourth-order valence-electron chi connectivity index (χ4n) is 11.3. The predicted molar refractivity (Wildman–Crippen MR) is 341 cm³/mol. The van der Waals surface area contributed by atoms with Gasteiger partial charge in [0.05, 0.1) is 39.5 Å². The monoisotopic (exact) mass is 1270 g/mol. The SMILES string of the molecule is Cc1ccc(NC(=O)Cn2cc(-c3ccc4c(NC(=O)c5ccc(NC(=O)CCCCC(=O)N6CCN(CCCCCCC(=O)N[C@H](C(=O)N7C[C@H](O)C[C@H]7C(=O)NCc7ccc(-c8scnc8C)cc7)C(C)(C)C)CC6)cc5)n[nH]c4c3)cn2)cc1C(F)(F)F. The Bertz CT molecular complexity index is 3720. The summed E-state index contributed by atoms with van der Waals surface area (Å²) in [5.41, 5.74) is 6.16. The number of piperazine rings is 1. The molecule has 2 fully saturated rings. The number of benzene rings is 4. The number of hydrogen-bond acceptors (Lipinski definition) is 13. The number of aromatic nitrogens is 5. The number of hydrogen-bond donors (Lipinski definition) is 7. The van der Waals surface area contributed by atoms with Gasteiger partial charge < -0.3 is 41.5 Å². The number of halogens is 3. The minimum absolute atomic E-state index is 0.00305. The van der Waals surface area contributed by atoms with Crippen molar-refractivity contribution in [3.05, 3.63) is 131 Å². The number of alkyl halides is 3. The molecule has 2 aliphatic heterocycles. The van der Waals surface area contributed by atoms with E-state index in [2.05, 4.69) is 51.8 Å². The van der Waals surface area contributed by atoms with E-state index in [-0.39, 0.29) is 73.8 Å². The molecule has 9 rings (SSSR count). The molecule has 2 saturated heterocycles. The summed E-state index contributed by atoms with van der Waals surface area (Å²) in [4.78, 5) is 104. The van der Waals surface area contributed by atoms with Crippen molar-refractivity contribution in [2.45, 2.75) is 136 Å². The molecular weight excluding hydrogens is 1190 g/mol. The van der Waals surface area contributed by atoms with E-state index in [1.807, 2.05) is 62.4 Å². The number of nitrogens with one attached hydrogen (secondary N) is 6. The lowest BCUT2D eigenvalue weighted by Crippen LogP contribution is -2.57. The summed E-state index contributed by atoms with van der Waals surface area (Å²) in [5, 5.41) is 36.8. The molecule has 0 radical (unpaired) electrons. The summed E-state index contributed by atoms with van der Waals surface area (Å²) in [6, 6.07) is 21.6. The number of aryl methyl sites for hydroxylation is 2. The highest BCUT2D eigenvalue weighted by molar-refractivity contribution is 7.13. The Morgan fingerprint density at radius 3 is 2.14 bits per heavy atom. The van der Waals surface area contributed by atoms with Crippen LogP contribution in [0.2, 0.25) is 0 Å². The average molecular weight is 1270 g/mol. The number of nitrogens with zero attached hydrogens (tertiary/aromatic N) is 7. The Balaban J connectivity index is 0.614. The quantitative estimate of drug-likeness (QED) is 0.0264. The molecule has 5 heterocycles. The van der Waals surface area contributed by atoms with Crippen LogP contribution in [0.15, 0.2) is 103 Å². The second-order valence-corrected chi connectivity index (χ2v) is 25.3. The Morgan fingerprint density at radius 1 is 0.747 bits per heavy atom. The van der Waals surface area contributed by atoms with Gasteiger partial charge in [0.15, 0.2) is 5.82 Å². The number of aliphatic hydroxyl groups excluding tert-OH is 1.